The highest BCUT2D eigenvalue weighted by molar-refractivity contribution is 9.10. The molecule has 2 aromatic rings. The summed E-state index contributed by atoms with van der Waals surface area (Å²) in [6.45, 7) is 1.72. The molecular weight excluding hydrogens is 326 g/mol. The van der Waals surface area contributed by atoms with Crippen LogP contribution in [0.15, 0.2) is 46.9 Å². The average Bonchev–Trinajstić information content (AvgIpc) is 2.41. The van der Waals surface area contributed by atoms with E-state index in [-0.39, 0.29) is 11.3 Å². The molecule has 0 radical (unpaired) electrons. The summed E-state index contributed by atoms with van der Waals surface area (Å²) in [7, 11) is 0. The number of aryl methyl sites for hydroxylation is 1. The van der Waals surface area contributed by atoms with Crippen LogP contribution in [0.3, 0.4) is 0 Å². The molecule has 5 nitrogen and oxygen atoms in total. The average molecular weight is 336 g/mol. The van der Waals surface area contributed by atoms with Gasteiger partial charge in [-0.15, -0.1) is 0 Å². The maximum absolute atomic E-state index is 12.1. The van der Waals surface area contributed by atoms with Crippen molar-refractivity contribution in [2.45, 2.75) is 6.92 Å². The van der Waals surface area contributed by atoms with Crippen molar-refractivity contribution in [2.24, 2.45) is 0 Å². The molecule has 20 heavy (non-hydrogen) atoms. The van der Waals surface area contributed by atoms with Gasteiger partial charge < -0.3 is 4.74 Å². The minimum Gasteiger partial charge on any atom is -0.422 e. The van der Waals surface area contributed by atoms with Crippen molar-refractivity contribution in [3.8, 4) is 5.75 Å². The van der Waals surface area contributed by atoms with Gasteiger partial charge >= 0.3 is 5.97 Å². The van der Waals surface area contributed by atoms with Crippen molar-refractivity contribution in [1.29, 1.82) is 0 Å². The van der Waals surface area contributed by atoms with Gasteiger partial charge in [-0.1, -0.05) is 18.2 Å². The van der Waals surface area contributed by atoms with Gasteiger partial charge in [0.1, 0.15) is 11.3 Å². The van der Waals surface area contributed by atoms with Crippen LogP contribution in [0.1, 0.15) is 15.9 Å². The van der Waals surface area contributed by atoms with E-state index in [1.807, 2.05) is 0 Å². The molecule has 0 aromatic heterocycles. The quantitative estimate of drug-likeness (QED) is 0.369. The van der Waals surface area contributed by atoms with E-state index >= 15 is 0 Å². The highest BCUT2D eigenvalue weighted by atomic mass is 79.9. The first-order valence-electron chi connectivity index (χ1n) is 5.71. The summed E-state index contributed by atoms with van der Waals surface area (Å²) < 4.78 is 5.77. The molecule has 0 aliphatic carbocycles. The molecule has 0 atom stereocenters. The molecule has 0 aliphatic heterocycles. The zero-order valence-corrected chi connectivity index (χ0v) is 12.1. The predicted molar refractivity (Wildman–Crippen MR) is 76.9 cm³/mol. The normalized spacial score (nSPS) is 10.1. The van der Waals surface area contributed by atoms with Gasteiger partial charge in [0.15, 0.2) is 0 Å². The van der Waals surface area contributed by atoms with Gasteiger partial charge in [0.05, 0.1) is 9.40 Å². The van der Waals surface area contributed by atoms with E-state index < -0.39 is 10.9 Å². The summed E-state index contributed by atoms with van der Waals surface area (Å²) in [5.74, 6) is -0.448. The van der Waals surface area contributed by atoms with Gasteiger partial charge in [-0.05, 0) is 46.6 Å². The molecular formula is C14H10BrNO4. The van der Waals surface area contributed by atoms with Crippen molar-refractivity contribution < 1.29 is 14.5 Å². The fourth-order valence-corrected chi connectivity index (χ4v) is 2.01. The number of carbonyl (C=O) groups is 1. The predicted octanol–water partition coefficient (Wildman–Crippen LogP) is 3.88. The van der Waals surface area contributed by atoms with E-state index in [9.17, 15) is 14.9 Å². The van der Waals surface area contributed by atoms with Crippen LogP contribution < -0.4 is 4.74 Å². The number of carbonyl (C=O) groups excluding carboxylic acids is 1. The first-order valence-corrected chi connectivity index (χ1v) is 6.50. The second kappa shape index (κ2) is 5.83. The standard InChI is InChI=1S/C14H10BrNO4/c1-9-6-7-10(12(8-9)16(18)19)14(17)20-13-5-3-2-4-11(13)15/h2-8H,1H3. The Balaban J connectivity index is 2.35. The third kappa shape index (κ3) is 3.03. The second-order valence-corrected chi connectivity index (χ2v) is 4.95. The lowest BCUT2D eigenvalue weighted by atomic mass is 10.1. The Morgan fingerprint density at radius 1 is 1.25 bits per heavy atom. The van der Waals surface area contributed by atoms with Crippen LogP contribution in [0.25, 0.3) is 0 Å². The van der Waals surface area contributed by atoms with Crippen LogP contribution in [0, 0.1) is 17.0 Å². The molecule has 0 saturated carbocycles. The van der Waals surface area contributed by atoms with E-state index in [0.29, 0.717) is 15.8 Å². The molecule has 0 aliphatic rings. The van der Waals surface area contributed by atoms with E-state index in [1.54, 1.807) is 37.3 Å². The highest BCUT2D eigenvalue weighted by Gasteiger charge is 2.22. The van der Waals surface area contributed by atoms with Crippen molar-refractivity contribution in [1.82, 2.24) is 0 Å². The zero-order valence-electron chi connectivity index (χ0n) is 10.5. The molecule has 2 rings (SSSR count). The van der Waals surface area contributed by atoms with Crippen LogP contribution >= 0.6 is 15.9 Å². The molecule has 0 unspecified atom stereocenters. The minimum atomic E-state index is -0.761. The second-order valence-electron chi connectivity index (χ2n) is 4.10. The van der Waals surface area contributed by atoms with Crippen molar-refractivity contribution in [3.63, 3.8) is 0 Å². The number of para-hydroxylation sites is 1. The molecule has 0 bridgehead atoms. The third-order valence-electron chi connectivity index (χ3n) is 2.61. The number of benzene rings is 2. The van der Waals surface area contributed by atoms with Crippen LogP contribution in [-0.2, 0) is 0 Å². The van der Waals surface area contributed by atoms with Crippen molar-refractivity contribution in [2.75, 3.05) is 0 Å². The van der Waals surface area contributed by atoms with Crippen molar-refractivity contribution >= 4 is 27.6 Å². The molecule has 0 heterocycles. The lowest BCUT2D eigenvalue weighted by Crippen LogP contribution is -2.11. The number of nitrogens with zero attached hydrogens (tertiary/aromatic N) is 1. The molecule has 0 fully saturated rings. The number of hydrogen-bond acceptors (Lipinski definition) is 4. The summed E-state index contributed by atoms with van der Waals surface area (Å²) in [6.07, 6.45) is 0. The first kappa shape index (κ1) is 14.2. The Labute approximate surface area is 123 Å². The van der Waals surface area contributed by atoms with E-state index in [2.05, 4.69) is 15.9 Å². The number of nitro benzene ring substituents is 1. The van der Waals surface area contributed by atoms with Crippen LogP contribution in [0.2, 0.25) is 0 Å². The van der Waals surface area contributed by atoms with Crippen LogP contribution in [0.4, 0.5) is 5.69 Å². The first-order chi connectivity index (χ1) is 9.49. The molecule has 0 saturated heterocycles. The molecule has 102 valence electrons. The summed E-state index contributed by atoms with van der Waals surface area (Å²) in [5, 5.41) is 11.0. The number of esters is 1. The number of rotatable bonds is 3. The van der Waals surface area contributed by atoms with E-state index in [0.717, 1.165) is 0 Å². The Hall–Kier alpha value is -2.21. The van der Waals surface area contributed by atoms with Gasteiger partial charge in [0.2, 0.25) is 0 Å². The fourth-order valence-electron chi connectivity index (χ4n) is 1.65. The van der Waals surface area contributed by atoms with Crippen LogP contribution in [-0.4, -0.2) is 10.9 Å². The smallest absolute Gasteiger partial charge is 0.350 e. The Bertz CT molecular complexity index is 685. The number of halogens is 1. The zero-order chi connectivity index (χ0) is 14.7. The molecule has 2 aromatic carbocycles. The summed E-state index contributed by atoms with van der Waals surface area (Å²) >= 11 is 3.25. The molecule has 0 amide bonds. The summed E-state index contributed by atoms with van der Waals surface area (Å²) in [6, 6.07) is 11.2. The maximum atomic E-state index is 12.1. The Morgan fingerprint density at radius 2 is 1.95 bits per heavy atom. The maximum Gasteiger partial charge on any atom is 0.350 e. The van der Waals surface area contributed by atoms with E-state index in [1.165, 1.54) is 12.1 Å². The highest BCUT2D eigenvalue weighted by Crippen LogP contribution is 2.27. The summed E-state index contributed by atoms with van der Waals surface area (Å²) in [4.78, 5) is 22.4. The van der Waals surface area contributed by atoms with Crippen molar-refractivity contribution in [3.05, 3.63) is 68.2 Å². The van der Waals surface area contributed by atoms with Gasteiger partial charge in [-0.3, -0.25) is 10.1 Å². The van der Waals surface area contributed by atoms with Gasteiger partial charge in [0, 0.05) is 6.07 Å². The molecule has 6 heteroatoms. The number of hydrogen-bond donors (Lipinski definition) is 0. The van der Waals surface area contributed by atoms with Gasteiger partial charge in [-0.25, -0.2) is 4.79 Å². The minimum absolute atomic E-state index is 0.0728. The molecule has 0 N–H and O–H groups in total. The summed E-state index contributed by atoms with van der Waals surface area (Å²) in [5.41, 5.74) is 0.368. The third-order valence-corrected chi connectivity index (χ3v) is 3.26. The van der Waals surface area contributed by atoms with Crippen LogP contribution in [0.5, 0.6) is 5.75 Å². The Morgan fingerprint density at radius 3 is 2.60 bits per heavy atom. The lowest BCUT2D eigenvalue weighted by Gasteiger charge is -2.07. The monoisotopic (exact) mass is 335 g/mol. The molecule has 0 spiro atoms. The number of nitro groups is 1. The number of ether oxygens (including phenoxy) is 1. The van der Waals surface area contributed by atoms with Gasteiger partial charge in [0.25, 0.3) is 5.69 Å². The largest absolute Gasteiger partial charge is 0.422 e. The van der Waals surface area contributed by atoms with Gasteiger partial charge in [-0.2, -0.15) is 0 Å². The fraction of sp³-hybridized carbons (Fsp3) is 0.0714. The lowest BCUT2D eigenvalue weighted by molar-refractivity contribution is -0.385. The topological polar surface area (TPSA) is 69.4 Å². The SMILES string of the molecule is Cc1ccc(C(=O)Oc2ccccc2Br)c([N+](=O)[O-])c1. The Kier molecular flexibility index (Phi) is 4.14. The van der Waals surface area contributed by atoms with E-state index in [4.69, 9.17) is 4.74 Å².